The molecule has 0 unspecified atom stereocenters. The summed E-state index contributed by atoms with van der Waals surface area (Å²) >= 11 is 1.39. The summed E-state index contributed by atoms with van der Waals surface area (Å²) in [6, 6.07) is 10.8. The van der Waals surface area contributed by atoms with Crippen molar-refractivity contribution in [1.82, 2.24) is 0 Å². The van der Waals surface area contributed by atoms with Crippen molar-refractivity contribution in [2.24, 2.45) is 0 Å². The Morgan fingerprint density at radius 1 is 1.19 bits per heavy atom. The molecule has 0 aliphatic rings. The first kappa shape index (κ1) is 19.3. The van der Waals surface area contributed by atoms with Crippen LogP contribution < -0.4 is 10.2 Å². The van der Waals surface area contributed by atoms with Crippen LogP contribution in [0, 0.1) is 10.1 Å². The molecular weight excluding hydrogens is 358 g/mol. The number of hydrogen-bond donors (Lipinski definition) is 1. The Bertz CT molecular complexity index is 839. The number of nitrogens with zero attached hydrogens (tertiary/aromatic N) is 2. The van der Waals surface area contributed by atoms with Crippen molar-refractivity contribution in [3.63, 3.8) is 0 Å². The maximum Gasteiger partial charge on any atom is 0.413 e. The van der Waals surface area contributed by atoms with E-state index < -0.39 is 16.9 Å². The highest BCUT2D eigenvalue weighted by atomic mass is 32.2. The van der Waals surface area contributed by atoms with E-state index >= 15 is 0 Å². The molecule has 2 rings (SSSR count). The van der Waals surface area contributed by atoms with Gasteiger partial charge in [-0.15, -0.1) is 11.8 Å². The standard InChI is InChI=1S/C17H17N3O5S/c1-19(17(22)25-2)12-6-4-11(5-7-12)18-16(21)14-10-13(26-3)8-9-15(14)20(23)24/h4-10H,1-3H3,(H,18,21). The van der Waals surface area contributed by atoms with Crippen LogP contribution in [0.5, 0.6) is 0 Å². The molecule has 0 atom stereocenters. The maximum absolute atomic E-state index is 12.5. The number of hydrogen-bond acceptors (Lipinski definition) is 6. The van der Waals surface area contributed by atoms with Crippen LogP contribution in [0.4, 0.5) is 21.9 Å². The van der Waals surface area contributed by atoms with E-state index in [2.05, 4.69) is 10.1 Å². The number of amides is 2. The van der Waals surface area contributed by atoms with Crippen LogP contribution in [0.2, 0.25) is 0 Å². The number of carbonyl (C=O) groups is 2. The Kier molecular flexibility index (Phi) is 6.18. The molecule has 9 heteroatoms. The molecule has 0 aliphatic heterocycles. The van der Waals surface area contributed by atoms with Gasteiger partial charge in [0.25, 0.3) is 11.6 Å². The summed E-state index contributed by atoms with van der Waals surface area (Å²) in [7, 11) is 2.83. The second kappa shape index (κ2) is 8.34. The molecule has 0 radical (unpaired) electrons. The molecule has 0 spiro atoms. The molecule has 0 saturated heterocycles. The van der Waals surface area contributed by atoms with Crippen LogP contribution in [0.3, 0.4) is 0 Å². The van der Waals surface area contributed by atoms with E-state index in [9.17, 15) is 19.7 Å². The minimum atomic E-state index is -0.590. The van der Waals surface area contributed by atoms with E-state index in [1.807, 2.05) is 6.26 Å². The van der Waals surface area contributed by atoms with Gasteiger partial charge in [0.1, 0.15) is 5.56 Å². The van der Waals surface area contributed by atoms with Crippen molar-refractivity contribution in [2.75, 3.05) is 30.6 Å². The summed E-state index contributed by atoms with van der Waals surface area (Å²) in [4.78, 5) is 36.6. The van der Waals surface area contributed by atoms with Gasteiger partial charge in [0.15, 0.2) is 0 Å². The van der Waals surface area contributed by atoms with Crippen molar-refractivity contribution in [1.29, 1.82) is 0 Å². The molecule has 2 amide bonds. The van der Waals surface area contributed by atoms with Crippen molar-refractivity contribution in [3.8, 4) is 0 Å². The van der Waals surface area contributed by atoms with Gasteiger partial charge in [0.2, 0.25) is 0 Å². The van der Waals surface area contributed by atoms with E-state index in [4.69, 9.17) is 0 Å². The summed E-state index contributed by atoms with van der Waals surface area (Å²) in [5.74, 6) is -0.582. The van der Waals surface area contributed by atoms with Crippen LogP contribution in [0.1, 0.15) is 10.4 Å². The van der Waals surface area contributed by atoms with Gasteiger partial charge < -0.3 is 10.1 Å². The third-order valence-corrected chi connectivity index (χ3v) is 4.33. The van der Waals surface area contributed by atoms with Crippen LogP contribution in [0.15, 0.2) is 47.4 Å². The quantitative estimate of drug-likeness (QED) is 0.485. The Morgan fingerprint density at radius 3 is 2.38 bits per heavy atom. The predicted molar refractivity (Wildman–Crippen MR) is 100 cm³/mol. The van der Waals surface area contributed by atoms with Crippen molar-refractivity contribution < 1.29 is 19.2 Å². The van der Waals surface area contributed by atoms with E-state index in [0.29, 0.717) is 11.4 Å². The maximum atomic E-state index is 12.5. The number of carbonyl (C=O) groups excluding carboxylic acids is 2. The van der Waals surface area contributed by atoms with E-state index in [1.165, 1.54) is 35.9 Å². The lowest BCUT2D eigenvalue weighted by molar-refractivity contribution is -0.385. The molecule has 8 nitrogen and oxygen atoms in total. The average Bonchev–Trinajstić information content (AvgIpc) is 2.66. The van der Waals surface area contributed by atoms with Gasteiger partial charge in [0, 0.05) is 29.4 Å². The molecule has 1 N–H and O–H groups in total. The minimum Gasteiger partial charge on any atom is -0.452 e. The van der Waals surface area contributed by atoms with Crippen LogP contribution in [-0.2, 0) is 4.74 Å². The highest BCUT2D eigenvalue weighted by Gasteiger charge is 2.21. The molecule has 0 bridgehead atoms. The topological polar surface area (TPSA) is 102 Å². The number of anilines is 2. The first-order chi connectivity index (χ1) is 12.4. The molecule has 0 fully saturated rings. The SMILES string of the molecule is COC(=O)N(C)c1ccc(NC(=O)c2cc(SC)ccc2[N+](=O)[O-])cc1. The van der Waals surface area contributed by atoms with Gasteiger partial charge in [-0.3, -0.25) is 19.8 Å². The second-order valence-corrected chi connectivity index (χ2v) is 6.05. The summed E-state index contributed by atoms with van der Waals surface area (Å²) in [5, 5.41) is 13.8. The van der Waals surface area contributed by atoms with Gasteiger partial charge in [-0.05, 0) is 42.7 Å². The Hall–Kier alpha value is -3.07. The smallest absolute Gasteiger partial charge is 0.413 e. The molecule has 0 aliphatic carbocycles. The highest BCUT2D eigenvalue weighted by Crippen LogP contribution is 2.26. The first-order valence-electron chi connectivity index (χ1n) is 7.43. The fraction of sp³-hybridized carbons (Fsp3) is 0.176. The lowest BCUT2D eigenvalue weighted by Gasteiger charge is -2.16. The molecule has 2 aromatic rings. The lowest BCUT2D eigenvalue weighted by atomic mass is 10.1. The van der Waals surface area contributed by atoms with Gasteiger partial charge >= 0.3 is 6.09 Å². The normalized spacial score (nSPS) is 10.1. The number of nitro groups is 1. The van der Waals surface area contributed by atoms with Gasteiger partial charge in [0.05, 0.1) is 12.0 Å². The molecule has 2 aromatic carbocycles. The molecule has 0 heterocycles. The third-order valence-electron chi connectivity index (χ3n) is 3.61. The lowest BCUT2D eigenvalue weighted by Crippen LogP contribution is -2.25. The van der Waals surface area contributed by atoms with Crippen LogP contribution in [-0.4, -0.2) is 37.3 Å². The number of nitro benzene ring substituents is 1. The van der Waals surface area contributed by atoms with Gasteiger partial charge in [-0.2, -0.15) is 0 Å². The second-order valence-electron chi connectivity index (χ2n) is 5.17. The predicted octanol–water partition coefficient (Wildman–Crippen LogP) is 3.77. The molecule has 0 saturated carbocycles. The third kappa shape index (κ3) is 4.31. The van der Waals surface area contributed by atoms with E-state index in [0.717, 1.165) is 4.90 Å². The zero-order valence-corrected chi connectivity index (χ0v) is 15.2. The van der Waals surface area contributed by atoms with Crippen LogP contribution in [0.25, 0.3) is 0 Å². The fourth-order valence-corrected chi connectivity index (χ4v) is 2.63. The van der Waals surface area contributed by atoms with Crippen molar-refractivity contribution in [3.05, 3.63) is 58.1 Å². The first-order valence-corrected chi connectivity index (χ1v) is 8.65. The monoisotopic (exact) mass is 375 g/mol. The summed E-state index contributed by atoms with van der Waals surface area (Å²) < 4.78 is 4.63. The Morgan fingerprint density at radius 2 is 1.85 bits per heavy atom. The molecule has 26 heavy (non-hydrogen) atoms. The minimum absolute atomic E-state index is 0.0161. The fourth-order valence-electron chi connectivity index (χ4n) is 2.19. The largest absolute Gasteiger partial charge is 0.452 e. The Labute approximate surface area is 154 Å². The number of nitrogens with one attached hydrogen (secondary N) is 1. The van der Waals surface area contributed by atoms with Crippen molar-refractivity contribution in [2.45, 2.75) is 4.90 Å². The zero-order valence-electron chi connectivity index (χ0n) is 14.4. The van der Waals surface area contributed by atoms with Gasteiger partial charge in [-0.25, -0.2) is 4.79 Å². The summed E-state index contributed by atoms with van der Waals surface area (Å²) in [6.07, 6.45) is 1.30. The van der Waals surface area contributed by atoms with Crippen LogP contribution >= 0.6 is 11.8 Å². The summed E-state index contributed by atoms with van der Waals surface area (Å²) in [6.45, 7) is 0. The highest BCUT2D eigenvalue weighted by molar-refractivity contribution is 7.98. The molecule has 136 valence electrons. The summed E-state index contributed by atoms with van der Waals surface area (Å²) in [5.41, 5.74) is 0.742. The van der Waals surface area contributed by atoms with E-state index in [-0.39, 0.29) is 11.3 Å². The average molecular weight is 375 g/mol. The number of thioether (sulfide) groups is 1. The number of methoxy groups -OCH3 is 1. The van der Waals surface area contributed by atoms with E-state index in [1.54, 1.807) is 37.4 Å². The zero-order chi connectivity index (χ0) is 19.3. The van der Waals surface area contributed by atoms with Crippen molar-refractivity contribution >= 4 is 40.8 Å². The molecular formula is C17H17N3O5S. The molecule has 0 aromatic heterocycles. The van der Waals surface area contributed by atoms with Gasteiger partial charge in [-0.1, -0.05) is 0 Å². The Balaban J connectivity index is 2.22. The number of ether oxygens (including phenoxy) is 1. The number of rotatable bonds is 5. The number of benzene rings is 2.